The van der Waals surface area contributed by atoms with Crippen molar-refractivity contribution >= 4 is 22.8 Å². The zero-order valence-corrected chi connectivity index (χ0v) is 6.27. The minimum Gasteiger partial charge on any atom is -0.448 e. The summed E-state index contributed by atoms with van der Waals surface area (Å²) in [6, 6.07) is 1.56. The summed E-state index contributed by atoms with van der Waals surface area (Å²) in [6.45, 7) is 0. The Hall–Kier alpha value is -0.900. The molecule has 1 aromatic heterocycles. The molecule has 0 saturated carbocycles. The Morgan fingerprint density at radius 3 is 2.90 bits per heavy atom. The summed E-state index contributed by atoms with van der Waals surface area (Å²) < 4.78 is 4.73. The first kappa shape index (κ1) is 7.21. The Bertz CT molecular complexity index is 244. The van der Waals surface area contributed by atoms with Crippen molar-refractivity contribution < 1.29 is 9.21 Å². The van der Waals surface area contributed by atoms with Gasteiger partial charge < -0.3 is 10.2 Å². The third-order valence-corrected chi connectivity index (χ3v) is 1.69. The van der Waals surface area contributed by atoms with Gasteiger partial charge in [-0.25, -0.2) is 0 Å². The van der Waals surface area contributed by atoms with Gasteiger partial charge >= 0.3 is 0 Å². The van der Waals surface area contributed by atoms with Crippen LogP contribution in [0, 0.1) is 0 Å². The summed E-state index contributed by atoms with van der Waals surface area (Å²) in [5.74, 6) is 0.194. The number of carbonyl (C=O) groups is 1. The van der Waals surface area contributed by atoms with Gasteiger partial charge in [0.05, 0.1) is 11.8 Å². The first-order valence-electron chi connectivity index (χ1n) is 2.67. The van der Waals surface area contributed by atoms with Crippen molar-refractivity contribution in [2.24, 2.45) is 0 Å². The molecule has 1 heterocycles. The molecule has 4 heteroatoms. The highest BCUT2D eigenvalue weighted by Crippen LogP contribution is 2.17. The van der Waals surface area contributed by atoms with Crippen molar-refractivity contribution in [3.05, 3.63) is 17.9 Å². The van der Waals surface area contributed by atoms with Gasteiger partial charge in [-0.2, -0.15) is 0 Å². The Morgan fingerprint density at radius 1 is 1.80 bits per heavy atom. The average Bonchev–Trinajstić information content (AvgIpc) is 2.34. The molecular weight excluding hydrogens is 150 g/mol. The molecule has 1 aromatic rings. The van der Waals surface area contributed by atoms with Crippen molar-refractivity contribution in [1.82, 2.24) is 0 Å². The van der Waals surface area contributed by atoms with Gasteiger partial charge in [-0.15, -0.1) is 0 Å². The molecule has 0 bridgehead atoms. The average molecular weight is 157 g/mol. The molecule has 54 valence electrons. The topological polar surface area (TPSA) is 56.2 Å². The minimum atomic E-state index is -0.0637. The molecule has 0 spiro atoms. The second-order valence-corrected chi connectivity index (χ2v) is 2.47. The standard InChI is InChI=1S/C6H7NO2S/c1-10-6(8)4-2-3-9-5(4)7/h2-3H,7H2,1H3. The molecule has 0 aliphatic carbocycles. The van der Waals surface area contributed by atoms with Crippen LogP contribution in [0.2, 0.25) is 0 Å². The molecule has 0 aliphatic rings. The van der Waals surface area contributed by atoms with Crippen LogP contribution in [0.3, 0.4) is 0 Å². The number of rotatable bonds is 1. The molecule has 3 nitrogen and oxygen atoms in total. The largest absolute Gasteiger partial charge is 0.448 e. The van der Waals surface area contributed by atoms with Crippen LogP contribution in [0.4, 0.5) is 5.88 Å². The van der Waals surface area contributed by atoms with Gasteiger partial charge in [-0.1, -0.05) is 11.8 Å². The van der Waals surface area contributed by atoms with Gasteiger partial charge in [0, 0.05) is 0 Å². The van der Waals surface area contributed by atoms with Crippen molar-refractivity contribution in [3.63, 3.8) is 0 Å². The van der Waals surface area contributed by atoms with Crippen molar-refractivity contribution in [2.75, 3.05) is 12.0 Å². The van der Waals surface area contributed by atoms with Gasteiger partial charge in [0.2, 0.25) is 11.0 Å². The fourth-order valence-electron chi connectivity index (χ4n) is 0.600. The van der Waals surface area contributed by atoms with Crippen molar-refractivity contribution in [2.45, 2.75) is 0 Å². The zero-order chi connectivity index (χ0) is 7.56. The predicted molar refractivity (Wildman–Crippen MR) is 41.0 cm³/mol. The maximum Gasteiger partial charge on any atom is 0.224 e. The Labute approximate surface area is 62.6 Å². The maximum atomic E-state index is 10.9. The van der Waals surface area contributed by atoms with Crippen LogP contribution >= 0.6 is 11.8 Å². The van der Waals surface area contributed by atoms with Gasteiger partial charge in [-0.3, -0.25) is 4.79 Å². The normalized spacial score (nSPS) is 9.70. The maximum absolute atomic E-state index is 10.9. The van der Waals surface area contributed by atoms with Crippen LogP contribution in [-0.2, 0) is 0 Å². The van der Waals surface area contributed by atoms with Crippen molar-refractivity contribution in [1.29, 1.82) is 0 Å². The molecule has 0 unspecified atom stereocenters. The summed E-state index contributed by atoms with van der Waals surface area (Å²) in [4.78, 5) is 10.9. The monoisotopic (exact) mass is 157 g/mol. The van der Waals surface area contributed by atoms with Crippen LogP contribution in [0.25, 0.3) is 0 Å². The van der Waals surface area contributed by atoms with E-state index in [0.29, 0.717) is 5.56 Å². The lowest BCUT2D eigenvalue weighted by atomic mass is 10.3. The number of hydrogen-bond acceptors (Lipinski definition) is 4. The summed E-state index contributed by atoms with van der Waals surface area (Å²) in [5, 5.41) is -0.0637. The second kappa shape index (κ2) is 2.79. The van der Waals surface area contributed by atoms with E-state index in [1.54, 1.807) is 12.3 Å². The first-order chi connectivity index (χ1) is 4.75. The molecule has 0 atom stereocenters. The molecule has 0 amide bonds. The van der Waals surface area contributed by atoms with E-state index < -0.39 is 0 Å². The van der Waals surface area contributed by atoms with E-state index in [9.17, 15) is 4.79 Å². The summed E-state index contributed by atoms with van der Waals surface area (Å²) in [6.07, 6.45) is 3.10. The number of thioether (sulfide) groups is 1. The van der Waals surface area contributed by atoms with E-state index in [0.717, 1.165) is 11.8 Å². The predicted octanol–water partition coefficient (Wildman–Crippen LogP) is 1.36. The smallest absolute Gasteiger partial charge is 0.224 e. The van der Waals surface area contributed by atoms with E-state index in [4.69, 9.17) is 10.2 Å². The van der Waals surface area contributed by atoms with Crippen molar-refractivity contribution in [3.8, 4) is 0 Å². The number of nitrogen functional groups attached to an aromatic ring is 1. The van der Waals surface area contributed by atoms with Gasteiger partial charge in [0.25, 0.3) is 0 Å². The Kier molecular flexibility index (Phi) is 2.01. The van der Waals surface area contributed by atoms with Crippen LogP contribution in [0.15, 0.2) is 16.7 Å². The highest BCUT2D eigenvalue weighted by molar-refractivity contribution is 8.13. The number of nitrogens with two attached hydrogens (primary N) is 1. The lowest BCUT2D eigenvalue weighted by Gasteiger charge is -1.90. The number of hydrogen-bond donors (Lipinski definition) is 1. The lowest BCUT2D eigenvalue weighted by molar-refractivity contribution is 0.109. The molecular formula is C6H7NO2S. The molecule has 0 aromatic carbocycles. The van der Waals surface area contributed by atoms with E-state index in [2.05, 4.69) is 0 Å². The van der Waals surface area contributed by atoms with Crippen LogP contribution in [0.1, 0.15) is 10.4 Å². The van der Waals surface area contributed by atoms with E-state index >= 15 is 0 Å². The number of furan rings is 1. The highest BCUT2D eigenvalue weighted by atomic mass is 32.2. The Balaban J connectivity index is 2.93. The zero-order valence-electron chi connectivity index (χ0n) is 5.46. The fraction of sp³-hybridized carbons (Fsp3) is 0.167. The molecule has 10 heavy (non-hydrogen) atoms. The Morgan fingerprint density at radius 2 is 2.50 bits per heavy atom. The molecule has 0 radical (unpaired) electrons. The van der Waals surface area contributed by atoms with Gasteiger partial charge in [-0.05, 0) is 12.3 Å². The van der Waals surface area contributed by atoms with Crippen LogP contribution < -0.4 is 5.73 Å². The van der Waals surface area contributed by atoms with E-state index in [-0.39, 0.29) is 11.0 Å². The van der Waals surface area contributed by atoms with E-state index in [1.165, 1.54) is 6.26 Å². The van der Waals surface area contributed by atoms with Crippen LogP contribution in [0.5, 0.6) is 0 Å². The summed E-state index contributed by atoms with van der Waals surface area (Å²) >= 11 is 1.12. The van der Waals surface area contributed by atoms with Gasteiger partial charge in [0.1, 0.15) is 0 Å². The van der Waals surface area contributed by atoms with Gasteiger partial charge in [0.15, 0.2) is 0 Å². The summed E-state index contributed by atoms with van der Waals surface area (Å²) in [7, 11) is 0. The SMILES string of the molecule is CSC(=O)c1ccoc1N. The molecule has 1 rings (SSSR count). The second-order valence-electron chi connectivity index (χ2n) is 1.69. The van der Waals surface area contributed by atoms with Crippen LogP contribution in [-0.4, -0.2) is 11.4 Å². The minimum absolute atomic E-state index is 0.0637. The quantitative estimate of drug-likeness (QED) is 0.668. The summed E-state index contributed by atoms with van der Waals surface area (Å²) in [5.41, 5.74) is 5.77. The third kappa shape index (κ3) is 1.16. The molecule has 0 aliphatic heterocycles. The molecule has 0 saturated heterocycles. The number of anilines is 1. The molecule has 0 fully saturated rings. The lowest BCUT2D eigenvalue weighted by Crippen LogP contribution is -1.94. The van der Waals surface area contributed by atoms with E-state index in [1.807, 2.05) is 0 Å². The highest BCUT2D eigenvalue weighted by Gasteiger charge is 2.09. The number of carbonyl (C=O) groups excluding carboxylic acids is 1. The first-order valence-corrected chi connectivity index (χ1v) is 3.89. The third-order valence-electron chi connectivity index (χ3n) is 1.10. The fourth-order valence-corrected chi connectivity index (χ4v) is 0.988. The molecule has 2 N–H and O–H groups in total.